The molecule has 0 aromatic heterocycles. The molecule has 2 aromatic rings. The molecule has 1 amide bonds. The molecule has 2 aliphatic rings. The van der Waals surface area contributed by atoms with E-state index >= 15 is 0 Å². The Balaban J connectivity index is 1.67. The highest BCUT2D eigenvalue weighted by Gasteiger charge is 2.50. The third kappa shape index (κ3) is 3.12. The number of amides is 1. The highest BCUT2D eigenvalue weighted by Crippen LogP contribution is 2.50. The number of rotatable bonds is 4. The zero-order valence-corrected chi connectivity index (χ0v) is 16.0. The van der Waals surface area contributed by atoms with Crippen LogP contribution in [0.1, 0.15) is 35.2 Å². The summed E-state index contributed by atoms with van der Waals surface area (Å²) in [5.74, 6) is 0.646. The zero-order valence-electron chi connectivity index (χ0n) is 14.5. The molecule has 26 heavy (non-hydrogen) atoms. The predicted octanol–water partition coefficient (Wildman–Crippen LogP) is 4.35. The fourth-order valence-electron chi connectivity index (χ4n) is 3.41. The molecule has 2 heterocycles. The first-order valence-electron chi connectivity index (χ1n) is 8.98. The Kier molecular flexibility index (Phi) is 4.72. The SMILES string of the molecule is O=C(NC1=C(N2CCCCC2)OC1(Br)c1ccccc1)c1ccccc1. The van der Waals surface area contributed by atoms with Gasteiger partial charge in [0.15, 0.2) is 0 Å². The Morgan fingerprint density at radius 1 is 0.962 bits per heavy atom. The number of benzene rings is 2. The van der Waals surface area contributed by atoms with Crippen molar-refractivity contribution in [3.05, 3.63) is 83.4 Å². The first kappa shape index (κ1) is 17.2. The smallest absolute Gasteiger partial charge is 0.255 e. The first-order chi connectivity index (χ1) is 12.7. The Morgan fingerprint density at radius 2 is 1.58 bits per heavy atom. The third-order valence-corrected chi connectivity index (χ3v) is 5.85. The lowest BCUT2D eigenvalue weighted by Gasteiger charge is -2.46. The van der Waals surface area contributed by atoms with E-state index in [1.54, 1.807) is 0 Å². The molecule has 1 unspecified atom stereocenters. The van der Waals surface area contributed by atoms with E-state index in [0.717, 1.165) is 43.1 Å². The minimum Gasteiger partial charge on any atom is -0.449 e. The van der Waals surface area contributed by atoms with Crippen LogP contribution >= 0.6 is 15.9 Å². The van der Waals surface area contributed by atoms with Crippen molar-refractivity contribution in [1.29, 1.82) is 0 Å². The van der Waals surface area contributed by atoms with E-state index < -0.39 is 4.51 Å². The van der Waals surface area contributed by atoms with E-state index in [0.29, 0.717) is 5.56 Å². The number of hydrogen-bond donors (Lipinski definition) is 1. The van der Waals surface area contributed by atoms with Crippen LogP contribution in [0.4, 0.5) is 0 Å². The summed E-state index contributed by atoms with van der Waals surface area (Å²) in [6.07, 6.45) is 3.54. The van der Waals surface area contributed by atoms with Crippen LogP contribution in [0.5, 0.6) is 0 Å². The number of piperidine rings is 1. The molecule has 1 N–H and O–H groups in total. The summed E-state index contributed by atoms with van der Waals surface area (Å²) in [5, 5.41) is 3.10. The second-order valence-electron chi connectivity index (χ2n) is 6.61. The Hall–Kier alpha value is -2.27. The van der Waals surface area contributed by atoms with Gasteiger partial charge in [-0.25, -0.2) is 0 Å². The van der Waals surface area contributed by atoms with Crippen molar-refractivity contribution in [3.63, 3.8) is 0 Å². The van der Waals surface area contributed by atoms with Crippen LogP contribution in [0.25, 0.3) is 0 Å². The molecule has 4 rings (SSSR count). The first-order valence-corrected chi connectivity index (χ1v) is 9.77. The minimum absolute atomic E-state index is 0.127. The summed E-state index contributed by atoms with van der Waals surface area (Å²) in [4.78, 5) is 15.0. The van der Waals surface area contributed by atoms with Crippen molar-refractivity contribution in [2.45, 2.75) is 23.8 Å². The summed E-state index contributed by atoms with van der Waals surface area (Å²) < 4.78 is 5.40. The summed E-state index contributed by atoms with van der Waals surface area (Å²) in [6.45, 7) is 1.91. The van der Waals surface area contributed by atoms with Gasteiger partial charge in [-0.2, -0.15) is 0 Å². The van der Waals surface area contributed by atoms with Gasteiger partial charge in [0.1, 0.15) is 5.70 Å². The van der Waals surface area contributed by atoms with Crippen LogP contribution in [-0.4, -0.2) is 23.9 Å². The van der Waals surface area contributed by atoms with E-state index in [1.165, 1.54) is 6.42 Å². The van der Waals surface area contributed by atoms with E-state index in [1.807, 2.05) is 60.7 Å². The third-order valence-electron chi connectivity index (χ3n) is 4.84. The molecular weight excluding hydrogens is 392 g/mol. The van der Waals surface area contributed by atoms with Crippen molar-refractivity contribution in [2.24, 2.45) is 0 Å². The van der Waals surface area contributed by atoms with Crippen LogP contribution in [0.3, 0.4) is 0 Å². The topological polar surface area (TPSA) is 41.6 Å². The summed E-state index contributed by atoms with van der Waals surface area (Å²) in [7, 11) is 0. The minimum atomic E-state index is -0.814. The molecule has 4 nitrogen and oxygen atoms in total. The Morgan fingerprint density at radius 3 is 2.23 bits per heavy atom. The van der Waals surface area contributed by atoms with Crippen LogP contribution in [0.15, 0.2) is 72.2 Å². The van der Waals surface area contributed by atoms with Crippen molar-refractivity contribution in [1.82, 2.24) is 10.2 Å². The van der Waals surface area contributed by atoms with Gasteiger partial charge in [-0.15, -0.1) is 0 Å². The second-order valence-corrected chi connectivity index (χ2v) is 7.73. The number of nitrogens with one attached hydrogen (secondary N) is 1. The number of alkyl halides is 1. The summed E-state index contributed by atoms with van der Waals surface area (Å²) >= 11 is 3.73. The van der Waals surface area contributed by atoms with Gasteiger partial charge in [0.05, 0.1) is 0 Å². The maximum Gasteiger partial charge on any atom is 0.255 e. The molecule has 1 atom stereocenters. The fraction of sp³-hybridized carbons (Fsp3) is 0.286. The predicted molar refractivity (Wildman–Crippen MR) is 104 cm³/mol. The monoisotopic (exact) mass is 412 g/mol. The lowest BCUT2D eigenvalue weighted by atomic mass is 10.0. The van der Waals surface area contributed by atoms with Gasteiger partial charge < -0.3 is 15.0 Å². The van der Waals surface area contributed by atoms with Crippen LogP contribution in [-0.2, 0) is 9.25 Å². The normalized spacial score (nSPS) is 22.4. The molecule has 1 fully saturated rings. The zero-order chi connectivity index (χ0) is 18.0. The standard InChI is InChI=1S/C21H21BrN2O2/c22-21(17-12-6-2-7-13-17)18(20(26-21)24-14-8-3-9-15-24)23-19(25)16-10-4-1-5-11-16/h1-2,4-7,10-13H,3,8-9,14-15H2,(H,23,25). The average molecular weight is 413 g/mol. The number of carbonyl (C=O) groups is 1. The van der Waals surface area contributed by atoms with Gasteiger partial charge in [0.2, 0.25) is 10.4 Å². The van der Waals surface area contributed by atoms with Crippen molar-refractivity contribution in [2.75, 3.05) is 13.1 Å². The summed E-state index contributed by atoms with van der Waals surface area (Å²) in [5.41, 5.74) is 2.37. The molecule has 2 aromatic carbocycles. The van der Waals surface area contributed by atoms with Crippen molar-refractivity contribution >= 4 is 21.8 Å². The maximum absolute atomic E-state index is 12.8. The van der Waals surface area contributed by atoms with Crippen molar-refractivity contribution in [3.8, 4) is 0 Å². The largest absolute Gasteiger partial charge is 0.449 e. The highest BCUT2D eigenvalue weighted by molar-refractivity contribution is 9.09. The van der Waals surface area contributed by atoms with E-state index in [9.17, 15) is 4.79 Å². The lowest BCUT2D eigenvalue weighted by molar-refractivity contribution is -0.0200. The maximum atomic E-state index is 12.8. The number of hydrogen-bond acceptors (Lipinski definition) is 3. The molecule has 0 bridgehead atoms. The number of nitrogens with zero attached hydrogens (tertiary/aromatic N) is 1. The van der Waals surface area contributed by atoms with Gasteiger partial charge in [-0.1, -0.05) is 48.5 Å². The second kappa shape index (κ2) is 7.16. The number of halogens is 1. The molecule has 1 saturated heterocycles. The van der Waals surface area contributed by atoms with Gasteiger partial charge in [-0.05, 0) is 47.3 Å². The molecule has 5 heteroatoms. The molecule has 0 aliphatic carbocycles. The van der Waals surface area contributed by atoms with E-state index in [2.05, 4.69) is 26.1 Å². The van der Waals surface area contributed by atoms with Crippen LogP contribution < -0.4 is 5.32 Å². The van der Waals surface area contributed by atoms with Gasteiger partial charge >= 0.3 is 0 Å². The average Bonchev–Trinajstić information content (AvgIpc) is 2.72. The fourth-order valence-corrected chi connectivity index (χ4v) is 4.10. The van der Waals surface area contributed by atoms with E-state index in [4.69, 9.17) is 4.74 Å². The Bertz CT molecular complexity index is 816. The number of ether oxygens (including phenoxy) is 1. The highest BCUT2D eigenvalue weighted by atomic mass is 79.9. The molecule has 0 radical (unpaired) electrons. The van der Waals surface area contributed by atoms with Gasteiger partial charge in [0.25, 0.3) is 5.91 Å². The van der Waals surface area contributed by atoms with Crippen LogP contribution in [0.2, 0.25) is 0 Å². The number of carbonyl (C=O) groups excluding carboxylic acids is 1. The molecule has 134 valence electrons. The molecule has 0 saturated carbocycles. The van der Waals surface area contributed by atoms with Gasteiger partial charge in [-0.3, -0.25) is 4.79 Å². The van der Waals surface area contributed by atoms with Gasteiger partial charge in [0, 0.05) is 24.2 Å². The summed E-state index contributed by atoms with van der Waals surface area (Å²) in [6, 6.07) is 19.2. The van der Waals surface area contributed by atoms with Crippen LogP contribution in [0, 0.1) is 0 Å². The molecule has 0 spiro atoms. The molecule has 2 aliphatic heterocycles. The van der Waals surface area contributed by atoms with E-state index in [-0.39, 0.29) is 5.91 Å². The quantitative estimate of drug-likeness (QED) is 0.758. The molecular formula is C21H21BrN2O2. The number of likely N-dealkylation sites (tertiary alicyclic amines) is 1. The van der Waals surface area contributed by atoms with Crippen molar-refractivity contribution < 1.29 is 9.53 Å². The lowest BCUT2D eigenvalue weighted by Crippen LogP contribution is -2.50. The Labute approximate surface area is 162 Å².